The van der Waals surface area contributed by atoms with E-state index in [0.29, 0.717) is 31.6 Å². The second kappa shape index (κ2) is 6.72. The highest BCUT2D eigenvalue weighted by Crippen LogP contribution is 2.26. The lowest BCUT2D eigenvalue weighted by Crippen LogP contribution is -2.48. The topological polar surface area (TPSA) is 96.8 Å². The molecule has 0 saturated carbocycles. The van der Waals surface area contributed by atoms with Crippen molar-refractivity contribution in [1.29, 1.82) is 0 Å². The number of hydrogen-bond donors (Lipinski definition) is 1. The van der Waals surface area contributed by atoms with Crippen molar-refractivity contribution in [2.75, 3.05) is 20.3 Å². The molecule has 122 valence electrons. The molecule has 1 N–H and O–H groups in total. The van der Waals surface area contributed by atoms with E-state index in [1.807, 2.05) is 0 Å². The molecule has 1 aliphatic rings. The Hall–Kier alpha value is -1.51. The van der Waals surface area contributed by atoms with Gasteiger partial charge in [0.25, 0.3) is 0 Å². The van der Waals surface area contributed by atoms with Gasteiger partial charge in [0.05, 0.1) is 0 Å². The van der Waals surface area contributed by atoms with Crippen molar-refractivity contribution in [3.05, 3.63) is 24.0 Å². The maximum absolute atomic E-state index is 12.7. The van der Waals surface area contributed by atoms with Gasteiger partial charge in [0, 0.05) is 32.7 Å². The molecule has 1 aliphatic heterocycles. The summed E-state index contributed by atoms with van der Waals surface area (Å²) in [6.45, 7) is 2.64. The smallest absolute Gasteiger partial charge is 0.322 e. The molecule has 0 bridgehead atoms. The lowest BCUT2D eigenvalue weighted by atomic mass is 9.92. The first-order valence-corrected chi connectivity index (χ1v) is 8.48. The number of carbonyl (C=O) groups is 1. The second-order valence-corrected chi connectivity index (χ2v) is 7.45. The van der Waals surface area contributed by atoms with Gasteiger partial charge in [0.15, 0.2) is 0 Å². The van der Waals surface area contributed by atoms with E-state index in [-0.39, 0.29) is 10.8 Å². The molecule has 1 unspecified atom stereocenters. The third-order valence-corrected chi connectivity index (χ3v) is 5.69. The van der Waals surface area contributed by atoms with Crippen LogP contribution >= 0.6 is 0 Å². The minimum absolute atomic E-state index is 0.00769. The summed E-state index contributed by atoms with van der Waals surface area (Å²) in [5, 5.41) is 9.50. The van der Waals surface area contributed by atoms with Crippen LogP contribution in [0.5, 0.6) is 0 Å². The molecule has 22 heavy (non-hydrogen) atoms. The van der Waals surface area contributed by atoms with E-state index in [1.54, 1.807) is 13.1 Å². The van der Waals surface area contributed by atoms with Gasteiger partial charge in [-0.15, -0.1) is 0 Å². The van der Waals surface area contributed by atoms with Gasteiger partial charge in [-0.2, -0.15) is 4.31 Å². The van der Waals surface area contributed by atoms with Crippen LogP contribution in [0.4, 0.5) is 0 Å². The van der Waals surface area contributed by atoms with Crippen LogP contribution in [0.1, 0.15) is 18.4 Å². The van der Waals surface area contributed by atoms with E-state index >= 15 is 0 Å². The van der Waals surface area contributed by atoms with E-state index in [1.165, 1.54) is 19.3 Å². The van der Waals surface area contributed by atoms with Crippen molar-refractivity contribution >= 4 is 16.0 Å². The summed E-state index contributed by atoms with van der Waals surface area (Å²) < 4.78 is 31.5. The van der Waals surface area contributed by atoms with Gasteiger partial charge in [0.1, 0.15) is 10.9 Å². The second-order valence-electron chi connectivity index (χ2n) is 5.45. The number of aromatic nitrogens is 1. The van der Waals surface area contributed by atoms with Crippen molar-refractivity contribution in [2.24, 2.45) is 5.92 Å². The SMILES string of the molecule is Cc1cncc(S(=O)(=O)N(C)C(C(=O)O)C2CCOCC2)c1. The fourth-order valence-corrected chi connectivity index (χ4v) is 4.09. The molecule has 1 aromatic rings. The fraction of sp³-hybridized carbons (Fsp3) is 0.571. The Morgan fingerprint density at radius 3 is 2.59 bits per heavy atom. The molecule has 2 heterocycles. The Bertz CT molecular complexity index is 640. The molecule has 0 aliphatic carbocycles. The summed E-state index contributed by atoms with van der Waals surface area (Å²) in [7, 11) is -2.59. The zero-order valence-electron chi connectivity index (χ0n) is 12.6. The van der Waals surface area contributed by atoms with Crippen LogP contribution in [0.2, 0.25) is 0 Å². The minimum atomic E-state index is -3.91. The van der Waals surface area contributed by atoms with Crippen molar-refractivity contribution in [3.8, 4) is 0 Å². The number of likely N-dealkylation sites (N-methyl/N-ethyl adjacent to an activating group) is 1. The third kappa shape index (κ3) is 3.45. The molecule has 8 heteroatoms. The quantitative estimate of drug-likeness (QED) is 0.862. The van der Waals surface area contributed by atoms with Crippen LogP contribution in [0.15, 0.2) is 23.4 Å². The largest absolute Gasteiger partial charge is 0.480 e. The molecule has 1 saturated heterocycles. The highest BCUT2D eigenvalue weighted by atomic mass is 32.2. The summed E-state index contributed by atoms with van der Waals surface area (Å²) in [5.74, 6) is -1.40. The number of carboxylic acids is 1. The highest BCUT2D eigenvalue weighted by Gasteiger charge is 2.39. The number of carboxylic acid groups (broad SMARTS) is 1. The molecule has 2 rings (SSSR count). The van der Waals surface area contributed by atoms with E-state index < -0.39 is 22.0 Å². The number of aliphatic carboxylic acids is 1. The molecular formula is C14H20N2O5S. The zero-order valence-corrected chi connectivity index (χ0v) is 13.4. The van der Waals surface area contributed by atoms with E-state index in [2.05, 4.69) is 4.98 Å². The monoisotopic (exact) mass is 328 g/mol. The molecule has 0 radical (unpaired) electrons. The van der Waals surface area contributed by atoms with Crippen LogP contribution < -0.4 is 0 Å². The number of nitrogens with zero attached hydrogens (tertiary/aromatic N) is 2. The molecule has 1 atom stereocenters. The number of hydrogen-bond acceptors (Lipinski definition) is 5. The minimum Gasteiger partial charge on any atom is -0.480 e. The first-order chi connectivity index (χ1) is 10.3. The zero-order chi connectivity index (χ0) is 16.3. The lowest BCUT2D eigenvalue weighted by molar-refractivity contribution is -0.144. The maximum atomic E-state index is 12.7. The van der Waals surface area contributed by atoms with Crippen LogP contribution in [0.3, 0.4) is 0 Å². The van der Waals surface area contributed by atoms with Crippen LogP contribution in [-0.4, -0.2) is 55.1 Å². The number of aryl methyl sites for hydroxylation is 1. The molecule has 0 aromatic carbocycles. The molecule has 0 spiro atoms. The average Bonchev–Trinajstić information content (AvgIpc) is 2.48. The Kier molecular flexibility index (Phi) is 5.15. The summed E-state index contributed by atoms with van der Waals surface area (Å²) in [6, 6.07) is 0.385. The van der Waals surface area contributed by atoms with Crippen molar-refractivity contribution < 1.29 is 23.1 Å². The molecule has 0 amide bonds. The normalized spacial score (nSPS) is 18.3. The molecule has 1 aromatic heterocycles. The first kappa shape index (κ1) is 16.9. The fourth-order valence-electron chi connectivity index (χ4n) is 2.67. The third-order valence-electron chi connectivity index (χ3n) is 3.88. The van der Waals surface area contributed by atoms with Gasteiger partial charge in [-0.1, -0.05) is 0 Å². The van der Waals surface area contributed by atoms with Crippen LogP contribution in [0, 0.1) is 12.8 Å². The molecule has 1 fully saturated rings. The van der Waals surface area contributed by atoms with Gasteiger partial charge >= 0.3 is 5.97 Å². The number of pyridine rings is 1. The predicted molar refractivity (Wildman–Crippen MR) is 78.9 cm³/mol. The van der Waals surface area contributed by atoms with Crippen LogP contribution in [-0.2, 0) is 19.6 Å². The van der Waals surface area contributed by atoms with Crippen LogP contribution in [0.25, 0.3) is 0 Å². The van der Waals surface area contributed by atoms with E-state index in [0.717, 1.165) is 4.31 Å². The predicted octanol–water partition coefficient (Wildman–Crippen LogP) is 0.890. The highest BCUT2D eigenvalue weighted by molar-refractivity contribution is 7.89. The first-order valence-electron chi connectivity index (χ1n) is 7.04. The number of sulfonamides is 1. The van der Waals surface area contributed by atoms with Crippen molar-refractivity contribution in [3.63, 3.8) is 0 Å². The Morgan fingerprint density at radius 1 is 1.41 bits per heavy atom. The summed E-state index contributed by atoms with van der Waals surface area (Å²) in [6.07, 6.45) is 3.85. The number of ether oxygens (including phenoxy) is 1. The van der Waals surface area contributed by atoms with E-state index in [9.17, 15) is 18.3 Å². The lowest BCUT2D eigenvalue weighted by Gasteiger charge is -2.33. The Labute approximate surface area is 130 Å². The van der Waals surface area contributed by atoms with Crippen molar-refractivity contribution in [2.45, 2.75) is 30.7 Å². The standard InChI is InChI=1S/C14H20N2O5S/c1-10-7-12(9-15-8-10)22(19,20)16(2)13(14(17)18)11-3-5-21-6-4-11/h7-9,11,13H,3-6H2,1-2H3,(H,17,18). The summed E-state index contributed by atoms with van der Waals surface area (Å²) in [4.78, 5) is 15.5. The Morgan fingerprint density at radius 2 is 2.05 bits per heavy atom. The summed E-state index contributed by atoms with van der Waals surface area (Å²) >= 11 is 0. The molecule has 7 nitrogen and oxygen atoms in total. The van der Waals surface area contributed by atoms with Gasteiger partial charge in [0.2, 0.25) is 10.0 Å². The van der Waals surface area contributed by atoms with E-state index in [4.69, 9.17) is 4.74 Å². The van der Waals surface area contributed by atoms with Gasteiger partial charge < -0.3 is 9.84 Å². The van der Waals surface area contributed by atoms with Gasteiger partial charge in [-0.3, -0.25) is 9.78 Å². The van der Waals surface area contributed by atoms with Crippen molar-refractivity contribution in [1.82, 2.24) is 9.29 Å². The molecular weight excluding hydrogens is 308 g/mol. The maximum Gasteiger partial charge on any atom is 0.322 e. The number of rotatable bonds is 5. The Balaban J connectivity index is 2.33. The summed E-state index contributed by atoms with van der Waals surface area (Å²) in [5.41, 5.74) is 0.701. The van der Waals surface area contributed by atoms with Gasteiger partial charge in [-0.05, 0) is 37.3 Å². The average molecular weight is 328 g/mol. The van der Waals surface area contributed by atoms with Gasteiger partial charge in [-0.25, -0.2) is 8.42 Å².